The SMILES string of the molecule is COc1ccc(C2CCCN2S(=O)(=O)c2ccc(S(=O)(=O)NCC(C)C)cc2)cc1. The average Bonchev–Trinajstić information content (AvgIpc) is 3.23. The van der Waals surface area contributed by atoms with Crippen LogP contribution in [0.15, 0.2) is 58.3 Å². The quantitative estimate of drug-likeness (QED) is 0.664. The summed E-state index contributed by atoms with van der Waals surface area (Å²) in [6.07, 6.45) is 1.50. The summed E-state index contributed by atoms with van der Waals surface area (Å²) in [5.74, 6) is 0.888. The predicted molar refractivity (Wildman–Crippen MR) is 115 cm³/mol. The van der Waals surface area contributed by atoms with Gasteiger partial charge in [-0.05, 0) is 60.7 Å². The molecule has 1 fully saturated rings. The summed E-state index contributed by atoms with van der Waals surface area (Å²) in [7, 11) is -5.83. The van der Waals surface area contributed by atoms with E-state index in [1.54, 1.807) is 7.11 Å². The van der Waals surface area contributed by atoms with Crippen molar-refractivity contribution < 1.29 is 21.6 Å². The minimum atomic E-state index is -3.75. The van der Waals surface area contributed by atoms with E-state index < -0.39 is 20.0 Å². The van der Waals surface area contributed by atoms with Gasteiger partial charge < -0.3 is 4.74 Å². The van der Waals surface area contributed by atoms with Gasteiger partial charge in [0.1, 0.15) is 5.75 Å². The third kappa shape index (κ3) is 4.85. The van der Waals surface area contributed by atoms with Gasteiger partial charge in [0, 0.05) is 13.1 Å². The van der Waals surface area contributed by atoms with Crippen LogP contribution in [0.5, 0.6) is 5.75 Å². The fourth-order valence-corrected chi connectivity index (χ4v) is 6.37. The minimum absolute atomic E-state index is 0.0511. The van der Waals surface area contributed by atoms with Crippen molar-refractivity contribution in [1.82, 2.24) is 9.03 Å². The first-order chi connectivity index (χ1) is 14.1. The molecular weight excluding hydrogens is 424 g/mol. The zero-order chi connectivity index (χ0) is 21.9. The van der Waals surface area contributed by atoms with Crippen molar-refractivity contribution in [3.8, 4) is 5.75 Å². The van der Waals surface area contributed by atoms with E-state index in [4.69, 9.17) is 4.74 Å². The summed E-state index contributed by atoms with van der Waals surface area (Å²) in [5, 5.41) is 0. The molecule has 9 heteroatoms. The van der Waals surface area contributed by atoms with Crippen LogP contribution >= 0.6 is 0 Å². The molecule has 30 heavy (non-hydrogen) atoms. The Balaban J connectivity index is 1.83. The molecule has 2 aromatic rings. The lowest BCUT2D eigenvalue weighted by atomic mass is 10.1. The van der Waals surface area contributed by atoms with Gasteiger partial charge in [0.25, 0.3) is 0 Å². The second kappa shape index (κ2) is 9.05. The summed E-state index contributed by atoms with van der Waals surface area (Å²) >= 11 is 0. The van der Waals surface area contributed by atoms with Gasteiger partial charge in [-0.15, -0.1) is 0 Å². The fraction of sp³-hybridized carbons (Fsp3) is 0.429. The summed E-state index contributed by atoms with van der Waals surface area (Å²) in [4.78, 5) is 0.140. The molecule has 3 rings (SSSR count). The largest absolute Gasteiger partial charge is 0.497 e. The molecule has 1 N–H and O–H groups in total. The lowest BCUT2D eigenvalue weighted by molar-refractivity contribution is 0.394. The monoisotopic (exact) mass is 452 g/mol. The zero-order valence-corrected chi connectivity index (χ0v) is 19.0. The summed E-state index contributed by atoms with van der Waals surface area (Å²) < 4.78 is 60.4. The second-order valence-electron chi connectivity index (χ2n) is 7.76. The normalized spacial score (nSPS) is 18.1. The highest BCUT2D eigenvalue weighted by Gasteiger charge is 2.36. The maximum Gasteiger partial charge on any atom is 0.243 e. The highest BCUT2D eigenvalue weighted by molar-refractivity contribution is 7.89. The summed E-state index contributed by atoms with van der Waals surface area (Å²) in [6, 6.07) is 12.6. The van der Waals surface area contributed by atoms with Gasteiger partial charge in [-0.2, -0.15) is 4.31 Å². The smallest absolute Gasteiger partial charge is 0.243 e. The number of rotatable bonds is 8. The van der Waals surface area contributed by atoms with Crippen molar-refractivity contribution in [3.63, 3.8) is 0 Å². The molecule has 0 bridgehead atoms. The molecule has 1 atom stereocenters. The molecule has 0 aliphatic carbocycles. The van der Waals surface area contributed by atoms with Crippen LogP contribution in [0.4, 0.5) is 0 Å². The van der Waals surface area contributed by atoms with Gasteiger partial charge in [0.05, 0.1) is 22.9 Å². The van der Waals surface area contributed by atoms with E-state index in [0.717, 1.165) is 18.4 Å². The standard InChI is InChI=1S/C21H28N2O5S2/c1-16(2)15-22-29(24,25)19-10-12-20(13-11-19)30(26,27)23-14-4-5-21(23)17-6-8-18(28-3)9-7-17/h6-13,16,21-22H,4-5,14-15H2,1-3H3. The number of sulfonamides is 2. The number of ether oxygens (including phenoxy) is 1. The Morgan fingerprint density at radius 1 is 1.00 bits per heavy atom. The Morgan fingerprint density at radius 3 is 2.17 bits per heavy atom. The summed E-state index contributed by atoms with van der Waals surface area (Å²) in [6.45, 7) is 4.57. The molecule has 2 aromatic carbocycles. The lowest BCUT2D eigenvalue weighted by Crippen LogP contribution is -2.31. The number of nitrogens with zero attached hydrogens (tertiary/aromatic N) is 1. The maximum atomic E-state index is 13.3. The Bertz CT molecular complexity index is 1060. The Morgan fingerprint density at radius 2 is 1.60 bits per heavy atom. The van der Waals surface area contributed by atoms with Gasteiger partial charge >= 0.3 is 0 Å². The fourth-order valence-electron chi connectivity index (χ4n) is 3.47. The van der Waals surface area contributed by atoms with Gasteiger partial charge in [-0.25, -0.2) is 21.6 Å². The van der Waals surface area contributed by atoms with Crippen LogP contribution in [0, 0.1) is 5.92 Å². The van der Waals surface area contributed by atoms with Crippen LogP contribution in [0.2, 0.25) is 0 Å². The van der Waals surface area contributed by atoms with E-state index in [9.17, 15) is 16.8 Å². The number of methoxy groups -OCH3 is 1. The second-order valence-corrected chi connectivity index (χ2v) is 11.4. The summed E-state index contributed by atoms with van der Waals surface area (Å²) in [5.41, 5.74) is 0.911. The van der Waals surface area contributed by atoms with Crippen LogP contribution in [-0.2, 0) is 20.0 Å². The van der Waals surface area contributed by atoms with Gasteiger partial charge in [-0.3, -0.25) is 0 Å². The van der Waals surface area contributed by atoms with E-state index in [0.29, 0.717) is 18.8 Å². The van der Waals surface area contributed by atoms with Crippen molar-refractivity contribution >= 4 is 20.0 Å². The number of nitrogens with one attached hydrogen (secondary N) is 1. The first-order valence-electron chi connectivity index (χ1n) is 9.90. The average molecular weight is 453 g/mol. The van der Waals surface area contributed by atoms with Crippen LogP contribution in [-0.4, -0.2) is 41.3 Å². The maximum absolute atomic E-state index is 13.3. The van der Waals surface area contributed by atoms with E-state index in [2.05, 4.69) is 4.72 Å². The van der Waals surface area contributed by atoms with Crippen molar-refractivity contribution in [2.24, 2.45) is 5.92 Å². The number of hydrogen-bond donors (Lipinski definition) is 1. The van der Waals surface area contributed by atoms with Crippen LogP contribution < -0.4 is 9.46 Å². The van der Waals surface area contributed by atoms with E-state index in [1.807, 2.05) is 38.1 Å². The first-order valence-corrected chi connectivity index (χ1v) is 12.8. The molecule has 1 saturated heterocycles. The molecule has 1 unspecified atom stereocenters. The minimum Gasteiger partial charge on any atom is -0.497 e. The lowest BCUT2D eigenvalue weighted by Gasteiger charge is -2.24. The third-order valence-corrected chi connectivity index (χ3v) is 8.49. The van der Waals surface area contributed by atoms with Gasteiger partial charge in [0.15, 0.2) is 0 Å². The number of hydrogen-bond acceptors (Lipinski definition) is 5. The van der Waals surface area contributed by atoms with Crippen molar-refractivity contribution in [2.45, 2.75) is 42.5 Å². The number of benzene rings is 2. The van der Waals surface area contributed by atoms with Gasteiger partial charge in [0.2, 0.25) is 20.0 Å². The van der Waals surface area contributed by atoms with Crippen molar-refractivity contribution in [3.05, 3.63) is 54.1 Å². The molecule has 0 spiro atoms. The third-order valence-electron chi connectivity index (χ3n) is 5.13. The molecule has 0 aromatic heterocycles. The zero-order valence-electron chi connectivity index (χ0n) is 17.4. The predicted octanol–water partition coefficient (Wildman–Crippen LogP) is 3.16. The van der Waals surface area contributed by atoms with Crippen LogP contribution in [0.1, 0.15) is 38.3 Å². The molecule has 1 aliphatic heterocycles. The van der Waals surface area contributed by atoms with Gasteiger partial charge in [-0.1, -0.05) is 26.0 Å². The van der Waals surface area contributed by atoms with E-state index in [-0.39, 0.29) is 21.8 Å². The molecule has 1 aliphatic rings. The highest BCUT2D eigenvalue weighted by Crippen LogP contribution is 2.37. The van der Waals surface area contributed by atoms with Crippen molar-refractivity contribution in [1.29, 1.82) is 0 Å². The Kier molecular flexibility index (Phi) is 6.86. The van der Waals surface area contributed by atoms with E-state index >= 15 is 0 Å². The molecule has 0 saturated carbocycles. The molecule has 1 heterocycles. The molecular formula is C21H28N2O5S2. The Hall–Kier alpha value is -1.94. The van der Waals surface area contributed by atoms with Crippen molar-refractivity contribution in [2.75, 3.05) is 20.2 Å². The topological polar surface area (TPSA) is 92.8 Å². The van der Waals surface area contributed by atoms with Crippen LogP contribution in [0.3, 0.4) is 0 Å². The molecule has 164 valence electrons. The Labute approximate surface area is 179 Å². The molecule has 7 nitrogen and oxygen atoms in total. The van der Waals surface area contributed by atoms with E-state index in [1.165, 1.54) is 28.6 Å². The van der Waals surface area contributed by atoms with Crippen LogP contribution in [0.25, 0.3) is 0 Å². The molecule has 0 amide bonds. The highest BCUT2D eigenvalue weighted by atomic mass is 32.2. The first kappa shape index (κ1) is 22.7. The molecule has 0 radical (unpaired) electrons.